The molecule has 2 saturated heterocycles. The fourth-order valence-corrected chi connectivity index (χ4v) is 3.66. The summed E-state index contributed by atoms with van der Waals surface area (Å²) in [6.07, 6.45) is 7.27. The lowest BCUT2D eigenvalue weighted by Crippen LogP contribution is -2.39. The third-order valence-corrected chi connectivity index (χ3v) is 3.95. The Morgan fingerprint density at radius 1 is 0.923 bits per heavy atom. The van der Waals surface area contributed by atoms with Gasteiger partial charge in [0.1, 0.15) is 6.10 Å². The van der Waals surface area contributed by atoms with Gasteiger partial charge in [0.15, 0.2) is 0 Å². The molecule has 2 heteroatoms. The summed E-state index contributed by atoms with van der Waals surface area (Å²) in [5.74, 6) is 2.46. The summed E-state index contributed by atoms with van der Waals surface area (Å²) in [5, 5.41) is 0. The summed E-state index contributed by atoms with van der Waals surface area (Å²) in [5.41, 5.74) is 0. The van der Waals surface area contributed by atoms with Gasteiger partial charge in [-0.3, -0.25) is 4.79 Å². The molecule has 2 unspecified atom stereocenters. The van der Waals surface area contributed by atoms with Gasteiger partial charge >= 0.3 is 5.97 Å². The summed E-state index contributed by atoms with van der Waals surface area (Å²) in [6.45, 7) is 0. The summed E-state index contributed by atoms with van der Waals surface area (Å²) in [6, 6.07) is 0. The number of esters is 1. The van der Waals surface area contributed by atoms with Crippen LogP contribution in [0.25, 0.3) is 0 Å². The van der Waals surface area contributed by atoms with Crippen molar-refractivity contribution in [3.8, 4) is 0 Å². The molecule has 2 aliphatic carbocycles. The molecule has 0 aromatic carbocycles. The minimum Gasteiger partial charge on any atom is -0.462 e. The zero-order chi connectivity index (χ0) is 8.84. The second-order valence-corrected chi connectivity index (χ2v) is 5.09. The van der Waals surface area contributed by atoms with Crippen molar-refractivity contribution in [3.05, 3.63) is 0 Å². The average Bonchev–Trinajstić information content (AvgIpc) is 1.99. The van der Waals surface area contributed by atoms with E-state index in [-0.39, 0.29) is 12.1 Å². The highest BCUT2D eigenvalue weighted by Crippen LogP contribution is 2.46. The molecule has 4 aliphatic rings. The number of rotatable bonds is 0. The first-order chi connectivity index (χ1) is 6.29. The number of carbonyl (C=O) groups excluding carboxylic acids is 1. The molecule has 0 aromatic rings. The zero-order valence-corrected chi connectivity index (χ0v) is 7.87. The van der Waals surface area contributed by atoms with Gasteiger partial charge in [0.25, 0.3) is 0 Å². The van der Waals surface area contributed by atoms with Gasteiger partial charge in [-0.1, -0.05) is 0 Å². The normalized spacial score (nSPS) is 48.5. The second kappa shape index (κ2) is 2.73. The standard InChI is InChI=1S/C11H16O2/c12-11-6-9-2-7-1-8(3-9)5-10(4-7)13-11/h7-10H,1-6H2. The van der Waals surface area contributed by atoms with Crippen LogP contribution in [-0.2, 0) is 9.53 Å². The third kappa shape index (κ3) is 1.36. The van der Waals surface area contributed by atoms with Crippen molar-refractivity contribution >= 4 is 5.97 Å². The Balaban J connectivity index is 1.86. The summed E-state index contributed by atoms with van der Waals surface area (Å²) >= 11 is 0. The highest BCUT2D eigenvalue weighted by molar-refractivity contribution is 5.70. The summed E-state index contributed by atoms with van der Waals surface area (Å²) < 4.78 is 5.42. The Morgan fingerprint density at radius 2 is 1.54 bits per heavy atom. The SMILES string of the molecule is O=C1CC2CC3CC(C2)CC(C3)O1. The van der Waals surface area contributed by atoms with Crippen LogP contribution in [0.3, 0.4) is 0 Å². The van der Waals surface area contributed by atoms with Crippen LogP contribution < -0.4 is 0 Å². The van der Waals surface area contributed by atoms with Gasteiger partial charge in [-0.2, -0.15) is 0 Å². The van der Waals surface area contributed by atoms with Crippen molar-refractivity contribution in [1.82, 2.24) is 0 Å². The maximum Gasteiger partial charge on any atom is 0.306 e. The predicted octanol–water partition coefficient (Wildman–Crippen LogP) is 2.13. The molecule has 72 valence electrons. The third-order valence-electron chi connectivity index (χ3n) is 3.95. The van der Waals surface area contributed by atoms with Crippen LogP contribution in [0.15, 0.2) is 0 Å². The Kier molecular flexibility index (Phi) is 1.64. The van der Waals surface area contributed by atoms with Gasteiger partial charge in [0.05, 0.1) is 0 Å². The lowest BCUT2D eigenvalue weighted by molar-refractivity contribution is -0.160. The molecule has 2 aliphatic heterocycles. The van der Waals surface area contributed by atoms with E-state index in [1.165, 1.54) is 19.3 Å². The Bertz CT molecular complexity index is 202. The first-order valence-electron chi connectivity index (χ1n) is 5.49. The van der Waals surface area contributed by atoms with Gasteiger partial charge < -0.3 is 4.74 Å². The Morgan fingerprint density at radius 3 is 2.23 bits per heavy atom. The monoisotopic (exact) mass is 180 g/mol. The van der Waals surface area contributed by atoms with E-state index < -0.39 is 0 Å². The van der Waals surface area contributed by atoms with Crippen molar-refractivity contribution < 1.29 is 9.53 Å². The number of hydrogen-bond donors (Lipinski definition) is 0. The van der Waals surface area contributed by atoms with Gasteiger partial charge in [0, 0.05) is 6.42 Å². The first-order valence-corrected chi connectivity index (χ1v) is 5.49. The number of carbonyl (C=O) groups is 1. The molecule has 0 spiro atoms. The van der Waals surface area contributed by atoms with E-state index in [0.717, 1.165) is 24.7 Å². The lowest BCUT2D eigenvalue weighted by atomic mass is 9.66. The molecule has 0 aromatic heterocycles. The second-order valence-electron chi connectivity index (χ2n) is 5.09. The fourth-order valence-electron chi connectivity index (χ4n) is 3.66. The maximum absolute atomic E-state index is 11.3. The van der Waals surface area contributed by atoms with Crippen molar-refractivity contribution in [2.75, 3.05) is 0 Å². The van der Waals surface area contributed by atoms with Crippen LogP contribution >= 0.6 is 0 Å². The molecule has 4 bridgehead atoms. The van der Waals surface area contributed by atoms with Crippen molar-refractivity contribution in [1.29, 1.82) is 0 Å². The van der Waals surface area contributed by atoms with Crippen LogP contribution in [0.5, 0.6) is 0 Å². The van der Waals surface area contributed by atoms with Gasteiger partial charge in [-0.15, -0.1) is 0 Å². The molecule has 2 heterocycles. The predicted molar refractivity (Wildman–Crippen MR) is 48.1 cm³/mol. The molecule has 4 fully saturated rings. The number of fused-ring (bicyclic) bond motifs is 2. The average molecular weight is 180 g/mol. The van der Waals surface area contributed by atoms with Gasteiger partial charge in [-0.05, 0) is 49.9 Å². The van der Waals surface area contributed by atoms with E-state index >= 15 is 0 Å². The fraction of sp³-hybridized carbons (Fsp3) is 0.909. The van der Waals surface area contributed by atoms with Crippen LogP contribution in [0.4, 0.5) is 0 Å². The van der Waals surface area contributed by atoms with E-state index in [2.05, 4.69) is 0 Å². The molecular weight excluding hydrogens is 164 g/mol. The van der Waals surface area contributed by atoms with Crippen LogP contribution in [-0.4, -0.2) is 12.1 Å². The highest BCUT2D eigenvalue weighted by Gasteiger charge is 2.40. The quantitative estimate of drug-likeness (QED) is 0.534. The molecule has 2 atom stereocenters. The highest BCUT2D eigenvalue weighted by atomic mass is 16.5. The molecule has 0 radical (unpaired) electrons. The topological polar surface area (TPSA) is 26.3 Å². The number of ether oxygens (including phenoxy) is 1. The smallest absolute Gasteiger partial charge is 0.306 e. The van der Waals surface area contributed by atoms with Crippen LogP contribution in [0.2, 0.25) is 0 Å². The maximum atomic E-state index is 11.3. The zero-order valence-electron chi connectivity index (χ0n) is 7.87. The minimum absolute atomic E-state index is 0.0637. The van der Waals surface area contributed by atoms with Gasteiger partial charge in [0.2, 0.25) is 0 Å². The molecular formula is C11H16O2. The molecule has 0 amide bonds. The van der Waals surface area contributed by atoms with E-state index in [0.29, 0.717) is 12.3 Å². The van der Waals surface area contributed by atoms with E-state index in [1.807, 2.05) is 0 Å². The first kappa shape index (κ1) is 7.84. The van der Waals surface area contributed by atoms with Crippen LogP contribution in [0, 0.1) is 17.8 Å². The van der Waals surface area contributed by atoms with Crippen molar-refractivity contribution in [3.63, 3.8) is 0 Å². The molecule has 13 heavy (non-hydrogen) atoms. The van der Waals surface area contributed by atoms with Crippen LogP contribution in [0.1, 0.15) is 38.5 Å². The van der Waals surface area contributed by atoms with Crippen molar-refractivity contribution in [2.45, 2.75) is 44.6 Å². The minimum atomic E-state index is 0.0637. The Hall–Kier alpha value is -0.530. The largest absolute Gasteiger partial charge is 0.462 e. The van der Waals surface area contributed by atoms with E-state index in [4.69, 9.17) is 4.74 Å². The summed E-state index contributed by atoms with van der Waals surface area (Å²) in [4.78, 5) is 11.3. The summed E-state index contributed by atoms with van der Waals surface area (Å²) in [7, 11) is 0. The Labute approximate surface area is 78.6 Å². The molecule has 2 saturated carbocycles. The van der Waals surface area contributed by atoms with Crippen molar-refractivity contribution in [2.24, 2.45) is 17.8 Å². The molecule has 4 rings (SSSR count). The van der Waals surface area contributed by atoms with Gasteiger partial charge in [-0.25, -0.2) is 0 Å². The number of hydrogen-bond acceptors (Lipinski definition) is 2. The molecule has 2 nitrogen and oxygen atoms in total. The van der Waals surface area contributed by atoms with E-state index in [1.54, 1.807) is 0 Å². The molecule has 0 N–H and O–H groups in total. The van der Waals surface area contributed by atoms with E-state index in [9.17, 15) is 4.79 Å². The lowest BCUT2D eigenvalue weighted by Gasteiger charge is -2.44.